The summed E-state index contributed by atoms with van der Waals surface area (Å²) >= 11 is 6.00. The van der Waals surface area contributed by atoms with Crippen LogP contribution in [-0.2, 0) is 0 Å². The molecule has 0 aliphatic rings. The van der Waals surface area contributed by atoms with Gasteiger partial charge in [-0.3, -0.25) is 0 Å². The maximum Gasteiger partial charge on any atom is 0.142 e. The highest BCUT2D eigenvalue weighted by Gasteiger charge is 2.10. The van der Waals surface area contributed by atoms with Crippen LogP contribution in [0.5, 0.6) is 5.75 Å². The minimum atomic E-state index is 0.171. The van der Waals surface area contributed by atoms with Crippen molar-refractivity contribution in [2.75, 3.05) is 12.8 Å². The first kappa shape index (κ1) is 10.5. The van der Waals surface area contributed by atoms with Gasteiger partial charge < -0.3 is 10.5 Å². The fraction of sp³-hybridized carbons (Fsp3) is 0.0909. The van der Waals surface area contributed by atoms with Crippen LogP contribution in [0, 0.1) is 11.3 Å². The third-order valence-corrected chi connectivity index (χ3v) is 2.57. The van der Waals surface area contributed by atoms with E-state index in [1.54, 1.807) is 25.3 Å². The normalized spacial score (nSPS) is 10.1. The highest BCUT2D eigenvalue weighted by molar-refractivity contribution is 6.35. The van der Waals surface area contributed by atoms with E-state index in [1.165, 1.54) is 0 Å². The Morgan fingerprint density at radius 1 is 1.50 bits per heavy atom. The lowest BCUT2D eigenvalue weighted by atomic mass is 10.1. The summed E-state index contributed by atoms with van der Waals surface area (Å²) in [5.74, 6) is 0.786. The number of nitrogen functional groups attached to an aromatic ring is 1. The van der Waals surface area contributed by atoms with Crippen molar-refractivity contribution < 1.29 is 4.74 Å². The van der Waals surface area contributed by atoms with Crippen LogP contribution < -0.4 is 10.5 Å². The number of benzene rings is 1. The number of rotatable bonds is 1. The molecule has 80 valence electrons. The second kappa shape index (κ2) is 3.87. The molecule has 0 unspecified atom stereocenters. The van der Waals surface area contributed by atoms with E-state index in [-0.39, 0.29) is 5.82 Å². The molecule has 1 aromatic heterocycles. The van der Waals surface area contributed by atoms with Crippen LogP contribution in [0.1, 0.15) is 5.56 Å². The van der Waals surface area contributed by atoms with Crippen LogP contribution >= 0.6 is 11.6 Å². The Morgan fingerprint density at radius 2 is 2.25 bits per heavy atom. The number of halogens is 1. The van der Waals surface area contributed by atoms with E-state index in [0.29, 0.717) is 27.2 Å². The van der Waals surface area contributed by atoms with E-state index >= 15 is 0 Å². The maximum atomic E-state index is 8.87. The topological polar surface area (TPSA) is 71.9 Å². The van der Waals surface area contributed by atoms with Crippen molar-refractivity contribution in [2.45, 2.75) is 0 Å². The second-order valence-electron chi connectivity index (χ2n) is 3.18. The van der Waals surface area contributed by atoms with Crippen LogP contribution in [0.4, 0.5) is 5.82 Å². The number of hydrogen-bond acceptors (Lipinski definition) is 4. The Balaban J connectivity index is 2.90. The molecule has 0 saturated carbocycles. The summed E-state index contributed by atoms with van der Waals surface area (Å²) in [5.41, 5.74) is 6.48. The van der Waals surface area contributed by atoms with Crippen LogP contribution in [0.25, 0.3) is 10.9 Å². The number of anilines is 1. The summed E-state index contributed by atoms with van der Waals surface area (Å²) in [5, 5.41) is 10.0. The Hall–Kier alpha value is -1.99. The van der Waals surface area contributed by atoms with Crippen molar-refractivity contribution in [3.8, 4) is 11.8 Å². The van der Waals surface area contributed by atoms with Crippen molar-refractivity contribution in [1.29, 1.82) is 5.26 Å². The average molecular weight is 234 g/mol. The van der Waals surface area contributed by atoms with Crippen molar-refractivity contribution in [3.05, 3.63) is 28.8 Å². The highest BCUT2D eigenvalue weighted by Crippen LogP contribution is 2.31. The van der Waals surface area contributed by atoms with Crippen molar-refractivity contribution in [2.24, 2.45) is 0 Å². The fourth-order valence-corrected chi connectivity index (χ4v) is 1.69. The molecule has 2 N–H and O–H groups in total. The lowest BCUT2D eigenvalue weighted by Gasteiger charge is -2.07. The van der Waals surface area contributed by atoms with E-state index in [4.69, 9.17) is 27.3 Å². The number of methoxy groups -OCH3 is 1. The van der Waals surface area contributed by atoms with Gasteiger partial charge in [0.1, 0.15) is 17.6 Å². The number of nitrogens with zero attached hydrogens (tertiary/aromatic N) is 2. The van der Waals surface area contributed by atoms with Crippen LogP contribution in [0.3, 0.4) is 0 Å². The predicted octanol–water partition coefficient (Wildman–Crippen LogP) is 2.35. The number of nitriles is 1. The molecular formula is C11H8ClN3O. The minimum Gasteiger partial charge on any atom is -0.496 e. The predicted molar refractivity (Wildman–Crippen MR) is 62.4 cm³/mol. The van der Waals surface area contributed by atoms with E-state index in [0.717, 1.165) is 0 Å². The zero-order valence-electron chi connectivity index (χ0n) is 8.49. The molecule has 4 nitrogen and oxygen atoms in total. The first-order valence-electron chi connectivity index (χ1n) is 4.50. The second-order valence-corrected chi connectivity index (χ2v) is 3.59. The molecule has 2 aromatic rings. The molecule has 0 saturated heterocycles. The number of ether oxygens (including phenoxy) is 1. The largest absolute Gasteiger partial charge is 0.496 e. The lowest BCUT2D eigenvalue weighted by Crippen LogP contribution is -1.96. The number of aromatic nitrogens is 1. The van der Waals surface area contributed by atoms with Gasteiger partial charge in [0.2, 0.25) is 0 Å². The zero-order chi connectivity index (χ0) is 11.7. The SMILES string of the molecule is COc1ccc(Cl)c2nc(N)c(C#N)cc12. The van der Waals surface area contributed by atoms with Gasteiger partial charge in [0.25, 0.3) is 0 Å². The first-order valence-corrected chi connectivity index (χ1v) is 4.88. The smallest absolute Gasteiger partial charge is 0.142 e. The Morgan fingerprint density at radius 3 is 2.88 bits per heavy atom. The molecule has 5 heteroatoms. The van der Waals surface area contributed by atoms with Crippen LogP contribution in [0.15, 0.2) is 18.2 Å². The Labute approximate surface area is 97.2 Å². The molecule has 0 spiro atoms. The van der Waals surface area contributed by atoms with Crippen molar-refractivity contribution >= 4 is 28.3 Å². The summed E-state index contributed by atoms with van der Waals surface area (Å²) in [7, 11) is 1.55. The van der Waals surface area contributed by atoms with Gasteiger partial charge in [-0.2, -0.15) is 5.26 Å². The van der Waals surface area contributed by atoms with Gasteiger partial charge in [-0.05, 0) is 18.2 Å². The fourth-order valence-electron chi connectivity index (χ4n) is 1.48. The van der Waals surface area contributed by atoms with Crippen molar-refractivity contribution in [1.82, 2.24) is 4.98 Å². The first-order chi connectivity index (χ1) is 7.67. The van der Waals surface area contributed by atoms with Gasteiger partial charge in [0.15, 0.2) is 0 Å². The van der Waals surface area contributed by atoms with Crippen molar-refractivity contribution in [3.63, 3.8) is 0 Å². The molecule has 0 atom stereocenters. The van der Waals surface area contributed by atoms with E-state index < -0.39 is 0 Å². The van der Waals surface area contributed by atoms with Gasteiger partial charge in [0, 0.05) is 5.39 Å². The van der Waals surface area contributed by atoms with Crippen LogP contribution in [-0.4, -0.2) is 12.1 Å². The molecule has 2 rings (SSSR count). The van der Waals surface area contributed by atoms with Gasteiger partial charge in [-0.25, -0.2) is 4.98 Å². The standard InChI is InChI=1S/C11H8ClN3O/c1-16-9-3-2-8(12)10-7(9)4-6(5-13)11(14)15-10/h2-4H,1H3,(H2,14,15). The molecule has 0 aliphatic heterocycles. The summed E-state index contributed by atoms with van der Waals surface area (Å²) in [6.07, 6.45) is 0. The molecule has 1 aromatic carbocycles. The number of hydrogen-bond donors (Lipinski definition) is 1. The molecule has 1 heterocycles. The Bertz CT molecular complexity index is 604. The molecule has 0 fully saturated rings. The number of nitrogens with two attached hydrogens (primary N) is 1. The van der Waals surface area contributed by atoms with Gasteiger partial charge in [-0.1, -0.05) is 11.6 Å². The van der Waals surface area contributed by atoms with E-state index in [2.05, 4.69) is 4.98 Å². The average Bonchev–Trinajstić information content (AvgIpc) is 2.30. The summed E-state index contributed by atoms with van der Waals surface area (Å²) in [4.78, 5) is 4.10. The Kier molecular flexibility index (Phi) is 2.55. The van der Waals surface area contributed by atoms with Crippen LogP contribution in [0.2, 0.25) is 5.02 Å². The number of pyridine rings is 1. The van der Waals surface area contributed by atoms with Gasteiger partial charge in [0.05, 0.1) is 23.2 Å². The highest BCUT2D eigenvalue weighted by atomic mass is 35.5. The van der Waals surface area contributed by atoms with Gasteiger partial charge in [-0.15, -0.1) is 0 Å². The van der Waals surface area contributed by atoms with E-state index in [1.807, 2.05) is 6.07 Å². The molecule has 0 amide bonds. The summed E-state index contributed by atoms with van der Waals surface area (Å²) < 4.78 is 5.17. The number of fused-ring (bicyclic) bond motifs is 1. The lowest BCUT2D eigenvalue weighted by molar-refractivity contribution is 0.420. The molecule has 0 aliphatic carbocycles. The molecule has 0 radical (unpaired) electrons. The third kappa shape index (κ3) is 1.51. The van der Waals surface area contributed by atoms with Gasteiger partial charge >= 0.3 is 0 Å². The third-order valence-electron chi connectivity index (χ3n) is 2.27. The quantitative estimate of drug-likeness (QED) is 0.821. The van der Waals surface area contributed by atoms with E-state index in [9.17, 15) is 0 Å². The zero-order valence-corrected chi connectivity index (χ0v) is 9.25. The summed E-state index contributed by atoms with van der Waals surface area (Å²) in [6, 6.07) is 7.01. The minimum absolute atomic E-state index is 0.171. The molecular weight excluding hydrogens is 226 g/mol. The summed E-state index contributed by atoms with van der Waals surface area (Å²) in [6.45, 7) is 0. The molecule has 0 bridgehead atoms. The monoisotopic (exact) mass is 233 g/mol. The molecule has 16 heavy (non-hydrogen) atoms. The maximum absolute atomic E-state index is 8.87.